The van der Waals surface area contributed by atoms with Crippen LogP contribution in [0.5, 0.6) is 0 Å². The van der Waals surface area contributed by atoms with E-state index in [-0.39, 0.29) is 24.2 Å². The van der Waals surface area contributed by atoms with Gasteiger partial charge in [-0.3, -0.25) is 4.79 Å². The van der Waals surface area contributed by atoms with Crippen LogP contribution in [0.15, 0.2) is 0 Å². The van der Waals surface area contributed by atoms with E-state index in [0.29, 0.717) is 12.5 Å². The van der Waals surface area contributed by atoms with E-state index in [4.69, 9.17) is 5.73 Å². The van der Waals surface area contributed by atoms with Gasteiger partial charge in [0.15, 0.2) is 9.84 Å². The lowest BCUT2D eigenvalue weighted by atomic mass is 10.2. The van der Waals surface area contributed by atoms with Crippen LogP contribution in [0, 0.1) is 5.92 Å². The van der Waals surface area contributed by atoms with Gasteiger partial charge in [0.25, 0.3) is 0 Å². The highest BCUT2D eigenvalue weighted by Crippen LogP contribution is 2.31. The third kappa shape index (κ3) is 5.67. The average Bonchev–Trinajstić information content (AvgIpc) is 2.96. The van der Waals surface area contributed by atoms with Gasteiger partial charge in [0, 0.05) is 18.3 Å². The van der Waals surface area contributed by atoms with Crippen LogP contribution < -0.4 is 11.1 Å². The number of amides is 1. The number of rotatable bonds is 6. The summed E-state index contributed by atoms with van der Waals surface area (Å²) in [7, 11) is -3.22. The van der Waals surface area contributed by atoms with Crippen LogP contribution >= 0.6 is 12.4 Å². The summed E-state index contributed by atoms with van der Waals surface area (Å²) < 4.78 is 22.2. The monoisotopic (exact) mass is 270 g/mol. The zero-order valence-corrected chi connectivity index (χ0v) is 10.9. The fraction of sp³-hybridized carbons (Fsp3) is 0.889. The van der Waals surface area contributed by atoms with Crippen molar-refractivity contribution in [2.45, 2.75) is 25.8 Å². The van der Waals surface area contributed by atoms with Crippen LogP contribution in [0.2, 0.25) is 0 Å². The molecular weight excluding hydrogens is 252 g/mol. The molecule has 0 aromatic carbocycles. The number of nitrogens with two attached hydrogens (primary N) is 1. The van der Waals surface area contributed by atoms with Crippen LogP contribution in [0.3, 0.4) is 0 Å². The minimum absolute atomic E-state index is 0. The largest absolute Gasteiger partial charge is 0.354 e. The predicted octanol–water partition coefficient (Wildman–Crippen LogP) is -0.304. The zero-order chi connectivity index (χ0) is 11.5. The highest BCUT2D eigenvalue weighted by molar-refractivity contribution is 7.92. The first-order chi connectivity index (χ1) is 6.94. The van der Waals surface area contributed by atoms with E-state index in [1.54, 1.807) is 0 Å². The van der Waals surface area contributed by atoms with Gasteiger partial charge in [-0.05, 0) is 18.8 Å². The highest BCUT2D eigenvalue weighted by Gasteiger charge is 2.28. The molecule has 1 saturated carbocycles. The number of hydrogen-bond donors (Lipinski definition) is 2. The maximum absolute atomic E-state index is 11.2. The zero-order valence-electron chi connectivity index (χ0n) is 9.31. The second kappa shape index (κ2) is 6.42. The molecule has 1 atom stereocenters. The van der Waals surface area contributed by atoms with Gasteiger partial charge in [-0.1, -0.05) is 6.92 Å². The summed E-state index contributed by atoms with van der Waals surface area (Å²) in [6.07, 6.45) is 2.23. The van der Waals surface area contributed by atoms with Gasteiger partial charge >= 0.3 is 0 Å². The van der Waals surface area contributed by atoms with Gasteiger partial charge < -0.3 is 11.1 Å². The number of hydrogen-bond acceptors (Lipinski definition) is 4. The Morgan fingerprint density at radius 2 is 2.06 bits per heavy atom. The van der Waals surface area contributed by atoms with Gasteiger partial charge in [0.1, 0.15) is 5.75 Å². The van der Waals surface area contributed by atoms with E-state index < -0.39 is 21.5 Å². The third-order valence-electron chi connectivity index (χ3n) is 2.55. The van der Waals surface area contributed by atoms with E-state index in [1.165, 1.54) is 6.92 Å². The highest BCUT2D eigenvalue weighted by atomic mass is 35.5. The normalized spacial score (nSPS) is 17.4. The summed E-state index contributed by atoms with van der Waals surface area (Å²) in [5.74, 6) is -0.378. The van der Waals surface area contributed by atoms with E-state index in [2.05, 4.69) is 5.32 Å². The smallest absolute Gasteiger partial charge is 0.235 e. The van der Waals surface area contributed by atoms with Crippen molar-refractivity contribution in [1.82, 2.24) is 5.32 Å². The fourth-order valence-electron chi connectivity index (χ4n) is 1.28. The van der Waals surface area contributed by atoms with Crippen LogP contribution in [0.25, 0.3) is 0 Å². The lowest BCUT2D eigenvalue weighted by Gasteiger charge is -2.11. The molecule has 0 saturated heterocycles. The molecule has 1 unspecified atom stereocenters. The molecule has 16 heavy (non-hydrogen) atoms. The maximum atomic E-state index is 11.2. The third-order valence-corrected chi connectivity index (χ3v) is 4.13. The average molecular weight is 271 g/mol. The number of carbonyl (C=O) groups is 1. The Labute approximate surface area is 102 Å². The second-order valence-corrected chi connectivity index (χ2v) is 6.34. The van der Waals surface area contributed by atoms with Crippen molar-refractivity contribution in [2.75, 3.05) is 18.1 Å². The Kier molecular flexibility index (Phi) is 6.28. The van der Waals surface area contributed by atoms with Gasteiger partial charge in [0.2, 0.25) is 5.91 Å². The Morgan fingerprint density at radius 1 is 1.50 bits per heavy atom. The molecule has 5 nitrogen and oxygen atoms in total. The molecule has 3 N–H and O–H groups in total. The predicted molar refractivity (Wildman–Crippen MR) is 65.3 cm³/mol. The van der Waals surface area contributed by atoms with Gasteiger partial charge in [-0.25, -0.2) is 8.42 Å². The van der Waals surface area contributed by atoms with Crippen LogP contribution in [-0.2, 0) is 14.6 Å². The number of carbonyl (C=O) groups excluding carboxylic acids is 1. The summed E-state index contributed by atoms with van der Waals surface area (Å²) in [6.45, 7) is 1.90. The van der Waals surface area contributed by atoms with E-state index in [0.717, 1.165) is 12.8 Å². The van der Waals surface area contributed by atoms with Crippen LogP contribution in [0.4, 0.5) is 0 Å². The molecule has 0 heterocycles. The van der Waals surface area contributed by atoms with Crippen LogP contribution in [-0.4, -0.2) is 38.4 Å². The van der Waals surface area contributed by atoms with Crippen LogP contribution in [0.1, 0.15) is 19.8 Å². The first-order valence-corrected chi connectivity index (χ1v) is 6.99. The summed E-state index contributed by atoms with van der Waals surface area (Å²) >= 11 is 0. The van der Waals surface area contributed by atoms with E-state index >= 15 is 0 Å². The Balaban J connectivity index is 0.00000225. The Hall–Kier alpha value is -0.330. The molecule has 1 fully saturated rings. The molecule has 0 spiro atoms. The minimum atomic E-state index is -3.22. The number of halogens is 1. The standard InChI is InChI=1S/C9H18N2O3S.ClH/c1-2-15(13,14)6-9(12)11-5-8(10)7-3-4-7;/h7-8H,2-6,10H2,1H3,(H,11,12);1H. The molecule has 96 valence electrons. The molecule has 0 radical (unpaired) electrons. The summed E-state index contributed by atoms with van der Waals surface area (Å²) in [4.78, 5) is 11.2. The Morgan fingerprint density at radius 3 is 2.50 bits per heavy atom. The lowest BCUT2D eigenvalue weighted by Crippen LogP contribution is -2.40. The Bertz CT molecular complexity index is 328. The van der Waals surface area contributed by atoms with Crippen molar-refractivity contribution in [3.8, 4) is 0 Å². The van der Waals surface area contributed by atoms with Crippen molar-refractivity contribution in [3.05, 3.63) is 0 Å². The molecule has 1 aliphatic carbocycles. The van der Waals surface area contributed by atoms with Crippen molar-refractivity contribution < 1.29 is 13.2 Å². The summed E-state index contributed by atoms with van der Waals surface area (Å²) in [5.41, 5.74) is 5.76. The summed E-state index contributed by atoms with van der Waals surface area (Å²) in [5, 5.41) is 2.55. The molecular formula is C9H19ClN2O3S. The quantitative estimate of drug-likeness (QED) is 0.693. The van der Waals surface area contributed by atoms with E-state index in [1.807, 2.05) is 0 Å². The van der Waals surface area contributed by atoms with Gasteiger partial charge in [-0.2, -0.15) is 0 Å². The second-order valence-electron chi connectivity index (χ2n) is 3.98. The van der Waals surface area contributed by atoms with Crippen molar-refractivity contribution in [2.24, 2.45) is 11.7 Å². The lowest BCUT2D eigenvalue weighted by molar-refractivity contribution is -0.118. The molecule has 0 aromatic heterocycles. The minimum Gasteiger partial charge on any atom is -0.354 e. The van der Waals surface area contributed by atoms with Gasteiger partial charge in [-0.15, -0.1) is 12.4 Å². The first kappa shape index (κ1) is 15.7. The molecule has 7 heteroatoms. The van der Waals surface area contributed by atoms with Crippen molar-refractivity contribution in [3.63, 3.8) is 0 Å². The van der Waals surface area contributed by atoms with Crippen molar-refractivity contribution in [1.29, 1.82) is 0 Å². The molecule has 0 aliphatic heterocycles. The topological polar surface area (TPSA) is 89.3 Å². The molecule has 1 amide bonds. The molecule has 1 rings (SSSR count). The van der Waals surface area contributed by atoms with E-state index in [9.17, 15) is 13.2 Å². The SMILES string of the molecule is CCS(=O)(=O)CC(=O)NCC(N)C1CC1.Cl. The first-order valence-electron chi connectivity index (χ1n) is 5.17. The number of nitrogens with one attached hydrogen (secondary N) is 1. The summed E-state index contributed by atoms with van der Waals surface area (Å²) in [6, 6.07) is -0.0294. The molecule has 1 aliphatic rings. The molecule has 0 aromatic rings. The van der Waals surface area contributed by atoms with Gasteiger partial charge in [0.05, 0.1) is 0 Å². The fourth-order valence-corrected chi connectivity index (χ4v) is 1.98. The molecule has 0 bridgehead atoms. The maximum Gasteiger partial charge on any atom is 0.235 e. The number of sulfone groups is 1. The van der Waals surface area contributed by atoms with Crippen molar-refractivity contribution >= 4 is 28.2 Å².